The molecule has 0 aromatic heterocycles. The number of likely N-dealkylation sites (tertiary alicyclic amines) is 1. The van der Waals surface area contributed by atoms with Crippen LogP contribution in [0.25, 0.3) is 0 Å². The van der Waals surface area contributed by atoms with Crippen LogP contribution in [0.1, 0.15) is 19.8 Å². The summed E-state index contributed by atoms with van der Waals surface area (Å²) in [6.07, 6.45) is 1.98. The lowest BCUT2D eigenvalue weighted by atomic mass is 9.98. The fraction of sp³-hybridized carbons (Fsp3) is 0.458. The zero-order valence-electron chi connectivity index (χ0n) is 17.6. The number of anilines is 2. The van der Waals surface area contributed by atoms with Crippen molar-refractivity contribution in [2.45, 2.75) is 29.6 Å². The Morgan fingerprint density at radius 3 is 2.40 bits per heavy atom. The number of esters is 1. The Balaban J connectivity index is 1.27. The molecule has 5 nitrogen and oxygen atoms in total. The van der Waals surface area contributed by atoms with E-state index in [9.17, 15) is 4.79 Å². The van der Waals surface area contributed by atoms with Gasteiger partial charge in [-0.25, -0.2) is 0 Å². The summed E-state index contributed by atoms with van der Waals surface area (Å²) >= 11 is 1.83. The molecule has 2 aromatic carbocycles. The maximum atomic E-state index is 12.0. The molecule has 0 saturated carbocycles. The molecule has 0 unspecified atom stereocenters. The Hall–Kier alpha value is -2.02. The van der Waals surface area contributed by atoms with Gasteiger partial charge >= 0.3 is 5.97 Å². The average molecular weight is 427 g/mol. The van der Waals surface area contributed by atoms with Crippen molar-refractivity contribution in [1.29, 1.82) is 0 Å². The third kappa shape index (κ3) is 4.99. The number of rotatable bonds is 8. The molecule has 0 amide bonds. The highest BCUT2D eigenvalue weighted by Gasteiger charge is 2.26. The minimum atomic E-state index is -0.0524. The van der Waals surface area contributed by atoms with E-state index in [0.29, 0.717) is 19.8 Å². The maximum absolute atomic E-state index is 12.0. The molecule has 1 saturated heterocycles. The van der Waals surface area contributed by atoms with Gasteiger partial charge in [-0.15, -0.1) is 0 Å². The van der Waals surface area contributed by atoms with Crippen molar-refractivity contribution in [1.82, 2.24) is 4.90 Å². The smallest absolute Gasteiger partial charge is 0.310 e. The van der Waals surface area contributed by atoms with Crippen LogP contribution in [0.2, 0.25) is 0 Å². The summed E-state index contributed by atoms with van der Waals surface area (Å²) in [7, 11) is 0. The number of nitrogens with zero attached hydrogens (tertiary/aromatic N) is 2. The number of fused-ring (bicyclic) bond motifs is 2. The van der Waals surface area contributed by atoms with Gasteiger partial charge in [0.25, 0.3) is 0 Å². The zero-order valence-corrected chi connectivity index (χ0v) is 18.4. The highest BCUT2D eigenvalue weighted by Crippen LogP contribution is 2.47. The predicted octanol–water partition coefficient (Wildman–Crippen LogP) is 4.58. The van der Waals surface area contributed by atoms with Crippen LogP contribution < -0.4 is 4.90 Å². The van der Waals surface area contributed by atoms with E-state index in [1.54, 1.807) is 0 Å². The molecule has 0 spiro atoms. The summed E-state index contributed by atoms with van der Waals surface area (Å²) in [5, 5.41) is 0. The molecule has 30 heavy (non-hydrogen) atoms. The van der Waals surface area contributed by atoms with E-state index in [-0.39, 0.29) is 11.9 Å². The van der Waals surface area contributed by atoms with Gasteiger partial charge in [0.05, 0.1) is 37.1 Å². The minimum Gasteiger partial charge on any atom is -0.466 e. The van der Waals surface area contributed by atoms with Crippen LogP contribution in [-0.2, 0) is 14.3 Å². The van der Waals surface area contributed by atoms with E-state index in [0.717, 1.165) is 39.0 Å². The lowest BCUT2D eigenvalue weighted by Crippen LogP contribution is -2.41. The molecule has 2 heterocycles. The van der Waals surface area contributed by atoms with E-state index >= 15 is 0 Å². The molecular weight excluding hydrogens is 396 g/mol. The summed E-state index contributed by atoms with van der Waals surface area (Å²) in [5.41, 5.74) is 2.50. The quantitative estimate of drug-likeness (QED) is 0.455. The van der Waals surface area contributed by atoms with Gasteiger partial charge in [0.2, 0.25) is 0 Å². The number of piperidine rings is 1. The molecule has 0 aliphatic carbocycles. The molecular formula is C24H30N2O3S. The Morgan fingerprint density at radius 2 is 1.70 bits per heavy atom. The monoisotopic (exact) mass is 426 g/mol. The van der Waals surface area contributed by atoms with E-state index in [1.165, 1.54) is 21.2 Å². The highest BCUT2D eigenvalue weighted by atomic mass is 32.2. The van der Waals surface area contributed by atoms with Crippen LogP contribution >= 0.6 is 11.8 Å². The first-order valence-electron chi connectivity index (χ1n) is 10.9. The van der Waals surface area contributed by atoms with Gasteiger partial charge in [-0.3, -0.25) is 4.79 Å². The zero-order chi connectivity index (χ0) is 20.8. The molecule has 1 fully saturated rings. The number of hydrogen-bond acceptors (Lipinski definition) is 6. The Labute approximate surface area is 183 Å². The fourth-order valence-electron chi connectivity index (χ4n) is 4.18. The lowest BCUT2D eigenvalue weighted by molar-refractivity contribution is -0.150. The first kappa shape index (κ1) is 21.2. The van der Waals surface area contributed by atoms with Crippen molar-refractivity contribution in [3.8, 4) is 0 Å². The lowest BCUT2D eigenvalue weighted by Gasteiger charge is -2.33. The Morgan fingerprint density at radius 1 is 1.03 bits per heavy atom. The van der Waals surface area contributed by atoms with Crippen molar-refractivity contribution in [2.75, 3.05) is 50.9 Å². The van der Waals surface area contributed by atoms with Gasteiger partial charge < -0.3 is 19.3 Å². The van der Waals surface area contributed by atoms with E-state index in [2.05, 4.69) is 58.3 Å². The predicted molar refractivity (Wildman–Crippen MR) is 121 cm³/mol. The molecule has 1 atom stereocenters. The summed E-state index contributed by atoms with van der Waals surface area (Å²) < 4.78 is 11.2. The van der Waals surface area contributed by atoms with Crippen LogP contribution in [0.15, 0.2) is 58.3 Å². The Bertz CT molecular complexity index is 814. The van der Waals surface area contributed by atoms with Crippen LogP contribution in [0.3, 0.4) is 0 Å². The second-order valence-electron chi connectivity index (χ2n) is 7.69. The molecule has 6 heteroatoms. The first-order valence-corrected chi connectivity index (χ1v) is 11.7. The third-order valence-corrected chi connectivity index (χ3v) is 6.80. The normalized spacial score (nSPS) is 18.6. The summed E-state index contributed by atoms with van der Waals surface area (Å²) in [4.78, 5) is 19.3. The molecule has 2 aliphatic heterocycles. The van der Waals surface area contributed by atoms with E-state index < -0.39 is 0 Å². The number of para-hydroxylation sites is 2. The van der Waals surface area contributed by atoms with Gasteiger partial charge in [0.1, 0.15) is 0 Å². The first-order chi connectivity index (χ1) is 14.8. The topological polar surface area (TPSA) is 42.0 Å². The van der Waals surface area contributed by atoms with Crippen molar-refractivity contribution >= 4 is 29.1 Å². The second kappa shape index (κ2) is 10.3. The minimum absolute atomic E-state index is 0.0116. The van der Waals surface area contributed by atoms with E-state index in [1.807, 2.05) is 18.7 Å². The average Bonchev–Trinajstić information content (AvgIpc) is 2.78. The number of carbonyl (C=O) groups is 1. The summed E-state index contributed by atoms with van der Waals surface area (Å²) in [6.45, 7) is 7.17. The van der Waals surface area contributed by atoms with Gasteiger partial charge in [-0.1, -0.05) is 36.0 Å². The molecule has 2 aromatic rings. The van der Waals surface area contributed by atoms with Crippen molar-refractivity contribution in [2.24, 2.45) is 5.92 Å². The van der Waals surface area contributed by atoms with Crippen LogP contribution in [0.5, 0.6) is 0 Å². The largest absolute Gasteiger partial charge is 0.466 e. The highest BCUT2D eigenvalue weighted by molar-refractivity contribution is 7.99. The van der Waals surface area contributed by atoms with E-state index in [4.69, 9.17) is 9.47 Å². The number of benzene rings is 2. The molecule has 0 bridgehead atoms. The molecule has 2 aliphatic rings. The number of hydrogen-bond donors (Lipinski definition) is 0. The SMILES string of the molecule is CCOC(=O)[C@@H]1CCCN(CCOCCN2c3ccccc3Sc3ccccc32)C1. The van der Waals surface area contributed by atoms with Gasteiger partial charge in [0.15, 0.2) is 0 Å². The molecule has 4 rings (SSSR count). The van der Waals surface area contributed by atoms with Crippen molar-refractivity contribution in [3.05, 3.63) is 48.5 Å². The van der Waals surface area contributed by atoms with Crippen molar-refractivity contribution in [3.63, 3.8) is 0 Å². The van der Waals surface area contributed by atoms with Crippen molar-refractivity contribution < 1.29 is 14.3 Å². The third-order valence-electron chi connectivity index (χ3n) is 5.67. The van der Waals surface area contributed by atoms with Crippen LogP contribution in [-0.4, -0.2) is 56.9 Å². The van der Waals surface area contributed by atoms with Gasteiger partial charge in [0, 0.05) is 29.4 Å². The standard InChI is InChI=1S/C24H30N2O3S/c1-2-29-24(27)19-8-7-13-25(18-19)14-16-28-17-15-26-20-9-3-5-11-22(20)30-23-12-6-4-10-21(23)26/h3-6,9-12,19H,2,7-8,13-18H2,1H3/t19-/m1/s1. The number of carbonyl (C=O) groups excluding carboxylic acids is 1. The molecule has 0 N–H and O–H groups in total. The van der Waals surface area contributed by atoms with Crippen LogP contribution in [0.4, 0.5) is 11.4 Å². The fourth-order valence-corrected chi connectivity index (χ4v) is 5.28. The van der Waals surface area contributed by atoms with Gasteiger partial charge in [-0.2, -0.15) is 0 Å². The molecule has 160 valence electrons. The maximum Gasteiger partial charge on any atom is 0.310 e. The summed E-state index contributed by atoms with van der Waals surface area (Å²) in [6, 6.07) is 17.1. The summed E-state index contributed by atoms with van der Waals surface area (Å²) in [5.74, 6) is -0.0408. The Kier molecular flexibility index (Phi) is 7.31. The second-order valence-corrected chi connectivity index (χ2v) is 8.78. The van der Waals surface area contributed by atoms with Crippen LogP contribution in [0, 0.1) is 5.92 Å². The number of ether oxygens (including phenoxy) is 2. The molecule has 0 radical (unpaired) electrons. The van der Waals surface area contributed by atoms with Gasteiger partial charge in [-0.05, 0) is 50.6 Å².